The van der Waals surface area contributed by atoms with Crippen molar-refractivity contribution >= 4 is 11.7 Å². The van der Waals surface area contributed by atoms with E-state index in [1.54, 1.807) is 30.6 Å². The number of benzene rings is 1. The van der Waals surface area contributed by atoms with Gasteiger partial charge in [0.05, 0.1) is 19.2 Å². The number of anilines is 1. The molecule has 26 heavy (non-hydrogen) atoms. The van der Waals surface area contributed by atoms with Gasteiger partial charge < -0.3 is 10.1 Å². The Morgan fingerprint density at radius 1 is 1.23 bits per heavy atom. The molecule has 0 spiro atoms. The molecular weight excluding hydrogens is 335 g/mol. The van der Waals surface area contributed by atoms with E-state index < -0.39 is 5.82 Å². The summed E-state index contributed by atoms with van der Waals surface area (Å²) in [7, 11) is 1.40. The number of aryl methyl sites for hydroxylation is 1. The Morgan fingerprint density at radius 2 is 2.08 bits per heavy atom. The first-order valence-corrected chi connectivity index (χ1v) is 7.92. The zero-order valence-electron chi connectivity index (χ0n) is 14.4. The van der Waals surface area contributed by atoms with Crippen molar-refractivity contribution in [3.05, 3.63) is 66.0 Å². The molecule has 6 nitrogen and oxygen atoms in total. The van der Waals surface area contributed by atoms with Gasteiger partial charge in [-0.2, -0.15) is 0 Å². The van der Waals surface area contributed by atoms with E-state index in [4.69, 9.17) is 4.74 Å². The number of halogens is 1. The van der Waals surface area contributed by atoms with Gasteiger partial charge >= 0.3 is 0 Å². The monoisotopic (exact) mass is 352 g/mol. The van der Waals surface area contributed by atoms with Gasteiger partial charge in [0, 0.05) is 24.0 Å². The summed E-state index contributed by atoms with van der Waals surface area (Å²) in [5, 5.41) is 2.75. The summed E-state index contributed by atoms with van der Waals surface area (Å²) in [6.45, 7) is 1.90. The van der Waals surface area contributed by atoms with Crippen LogP contribution in [0.1, 0.15) is 11.1 Å². The first kappa shape index (κ1) is 17.5. The van der Waals surface area contributed by atoms with Crippen LogP contribution < -0.4 is 10.1 Å². The topological polar surface area (TPSA) is 77.0 Å². The van der Waals surface area contributed by atoms with Gasteiger partial charge in [0.1, 0.15) is 12.1 Å². The van der Waals surface area contributed by atoms with Crippen molar-refractivity contribution in [2.24, 2.45) is 0 Å². The minimum absolute atomic E-state index is 0.125. The van der Waals surface area contributed by atoms with Crippen molar-refractivity contribution < 1.29 is 13.9 Å². The van der Waals surface area contributed by atoms with Crippen molar-refractivity contribution in [3.8, 4) is 17.0 Å². The summed E-state index contributed by atoms with van der Waals surface area (Å²) in [4.78, 5) is 24.5. The fourth-order valence-corrected chi connectivity index (χ4v) is 2.46. The van der Waals surface area contributed by atoms with Gasteiger partial charge in [-0.3, -0.25) is 9.78 Å². The van der Waals surface area contributed by atoms with Gasteiger partial charge in [0.25, 0.3) is 0 Å². The summed E-state index contributed by atoms with van der Waals surface area (Å²) in [6.07, 6.45) is 4.93. The average molecular weight is 352 g/mol. The molecule has 0 radical (unpaired) electrons. The summed E-state index contributed by atoms with van der Waals surface area (Å²) in [6, 6.07) is 7.88. The van der Waals surface area contributed by atoms with Crippen molar-refractivity contribution in [2.75, 3.05) is 12.4 Å². The molecule has 0 unspecified atom stereocenters. The molecule has 3 rings (SSSR count). The number of nitrogens with one attached hydrogen (secondary N) is 1. The van der Waals surface area contributed by atoms with Crippen molar-refractivity contribution in [3.63, 3.8) is 0 Å². The van der Waals surface area contributed by atoms with Gasteiger partial charge in [0.2, 0.25) is 5.91 Å². The Kier molecular flexibility index (Phi) is 5.17. The fraction of sp³-hybridized carbons (Fsp3) is 0.158. The van der Waals surface area contributed by atoms with Crippen molar-refractivity contribution in [1.82, 2.24) is 15.0 Å². The van der Waals surface area contributed by atoms with Gasteiger partial charge in [-0.25, -0.2) is 14.4 Å². The van der Waals surface area contributed by atoms with E-state index in [0.29, 0.717) is 17.1 Å². The maximum atomic E-state index is 13.6. The number of aromatic nitrogens is 3. The lowest BCUT2D eigenvalue weighted by atomic mass is 10.1. The first-order chi connectivity index (χ1) is 12.6. The third-order valence-corrected chi connectivity index (χ3v) is 3.87. The molecule has 0 saturated heterocycles. The highest BCUT2D eigenvalue weighted by Gasteiger charge is 2.10. The van der Waals surface area contributed by atoms with Crippen LogP contribution >= 0.6 is 0 Å². The van der Waals surface area contributed by atoms with Gasteiger partial charge in [-0.15, -0.1) is 0 Å². The molecule has 2 aromatic heterocycles. The predicted octanol–water partition coefficient (Wildman–Crippen LogP) is 3.18. The zero-order chi connectivity index (χ0) is 18.5. The van der Waals surface area contributed by atoms with Crippen molar-refractivity contribution in [2.45, 2.75) is 13.3 Å². The molecule has 1 amide bonds. The van der Waals surface area contributed by atoms with Crippen LogP contribution in [0.3, 0.4) is 0 Å². The quantitative estimate of drug-likeness (QED) is 0.763. The highest BCUT2D eigenvalue weighted by Crippen LogP contribution is 2.25. The van der Waals surface area contributed by atoms with Crippen LogP contribution in [0.5, 0.6) is 5.75 Å². The molecule has 1 N–H and O–H groups in total. The molecule has 0 saturated carbocycles. The third-order valence-electron chi connectivity index (χ3n) is 3.87. The van der Waals surface area contributed by atoms with Crippen LogP contribution in [-0.2, 0) is 11.2 Å². The fourth-order valence-electron chi connectivity index (χ4n) is 2.46. The van der Waals surface area contributed by atoms with Crippen LogP contribution in [0.15, 0.2) is 49.1 Å². The van der Waals surface area contributed by atoms with E-state index in [9.17, 15) is 9.18 Å². The molecule has 0 bridgehead atoms. The number of carbonyl (C=O) groups is 1. The Hall–Kier alpha value is -3.35. The molecule has 0 aliphatic rings. The van der Waals surface area contributed by atoms with Crippen LogP contribution in [0.25, 0.3) is 11.3 Å². The number of hydrogen-bond acceptors (Lipinski definition) is 5. The molecule has 0 aliphatic heterocycles. The largest absolute Gasteiger partial charge is 0.494 e. The van der Waals surface area contributed by atoms with Crippen LogP contribution in [0.2, 0.25) is 0 Å². The van der Waals surface area contributed by atoms with E-state index in [1.807, 2.05) is 13.0 Å². The normalized spacial score (nSPS) is 10.4. The first-order valence-electron chi connectivity index (χ1n) is 7.92. The average Bonchev–Trinajstić information content (AvgIpc) is 2.64. The summed E-state index contributed by atoms with van der Waals surface area (Å²) in [5.41, 5.74) is 3.05. The standard InChI is InChI=1S/C19H17FN4O2/c1-12-10-21-6-5-13(12)8-19(25)24-18-9-16(22-11-23-18)14-3-4-15(20)17(7-14)26-2/h3-7,9-11H,8H2,1-2H3,(H,22,23,24,25). The Morgan fingerprint density at radius 3 is 2.85 bits per heavy atom. The maximum absolute atomic E-state index is 13.6. The number of rotatable bonds is 5. The van der Waals surface area contributed by atoms with Gasteiger partial charge in [0.15, 0.2) is 11.6 Å². The second kappa shape index (κ2) is 7.69. The maximum Gasteiger partial charge on any atom is 0.229 e. The molecule has 132 valence electrons. The van der Waals surface area contributed by atoms with Crippen LogP contribution in [-0.4, -0.2) is 28.0 Å². The Balaban J connectivity index is 1.77. The van der Waals surface area contributed by atoms with Gasteiger partial charge in [-0.1, -0.05) is 0 Å². The minimum Gasteiger partial charge on any atom is -0.494 e. The molecule has 0 atom stereocenters. The highest BCUT2D eigenvalue weighted by molar-refractivity contribution is 5.92. The van der Waals surface area contributed by atoms with E-state index >= 15 is 0 Å². The number of amides is 1. The van der Waals surface area contributed by atoms with E-state index in [-0.39, 0.29) is 18.1 Å². The number of nitrogens with zero attached hydrogens (tertiary/aromatic N) is 3. The molecule has 1 aromatic carbocycles. The summed E-state index contributed by atoms with van der Waals surface area (Å²) in [5.74, 6) is -0.151. The SMILES string of the molecule is COc1cc(-c2cc(NC(=O)Cc3ccncc3C)ncn2)ccc1F. The van der Waals surface area contributed by atoms with Crippen LogP contribution in [0, 0.1) is 12.7 Å². The number of methoxy groups -OCH3 is 1. The third kappa shape index (κ3) is 4.00. The van der Waals surface area contributed by atoms with Crippen LogP contribution in [0.4, 0.5) is 10.2 Å². The number of hydrogen-bond donors (Lipinski definition) is 1. The van der Waals surface area contributed by atoms with Crippen molar-refractivity contribution in [1.29, 1.82) is 0 Å². The molecule has 0 aliphatic carbocycles. The number of ether oxygens (including phenoxy) is 1. The summed E-state index contributed by atoms with van der Waals surface area (Å²) < 4.78 is 18.5. The van der Waals surface area contributed by atoms with E-state index in [2.05, 4.69) is 20.3 Å². The lowest BCUT2D eigenvalue weighted by molar-refractivity contribution is -0.115. The lowest BCUT2D eigenvalue weighted by Gasteiger charge is -2.08. The molecule has 2 heterocycles. The Bertz CT molecular complexity index is 946. The summed E-state index contributed by atoms with van der Waals surface area (Å²) >= 11 is 0. The molecule has 3 aromatic rings. The second-order valence-corrected chi connectivity index (χ2v) is 5.66. The van der Waals surface area contributed by atoms with Gasteiger partial charge in [-0.05, 0) is 42.3 Å². The van der Waals surface area contributed by atoms with E-state index in [0.717, 1.165) is 11.1 Å². The smallest absolute Gasteiger partial charge is 0.229 e. The zero-order valence-corrected chi connectivity index (χ0v) is 14.4. The highest BCUT2D eigenvalue weighted by atomic mass is 19.1. The minimum atomic E-state index is -0.452. The lowest BCUT2D eigenvalue weighted by Crippen LogP contribution is -2.16. The molecule has 0 fully saturated rings. The molecule has 7 heteroatoms. The van der Waals surface area contributed by atoms with E-state index in [1.165, 1.54) is 19.5 Å². The number of pyridine rings is 1. The Labute approximate surface area is 150 Å². The number of carbonyl (C=O) groups excluding carboxylic acids is 1. The second-order valence-electron chi connectivity index (χ2n) is 5.66. The predicted molar refractivity (Wildman–Crippen MR) is 95.3 cm³/mol. The molecular formula is C19H17FN4O2.